The van der Waals surface area contributed by atoms with Crippen molar-refractivity contribution in [2.45, 2.75) is 13.5 Å². The van der Waals surface area contributed by atoms with Gasteiger partial charge in [-0.15, -0.1) is 0 Å². The zero-order valence-electron chi connectivity index (χ0n) is 9.17. The minimum Gasteiger partial charge on any atom is -0.387 e. The Hall–Kier alpha value is -2.10. The molecule has 82 valence electrons. The number of nitrogens with zero attached hydrogens (tertiary/aromatic N) is 3. The molecule has 0 saturated heterocycles. The monoisotopic (exact) mass is 214 g/mol. The van der Waals surface area contributed by atoms with E-state index in [1.807, 2.05) is 41.2 Å². The fraction of sp³-hybridized carbons (Fsp3) is 0.167. The smallest absolute Gasteiger partial charge is 0.0964 e. The van der Waals surface area contributed by atoms with Gasteiger partial charge in [-0.05, 0) is 30.7 Å². The average Bonchev–Trinajstić information content (AvgIpc) is 2.70. The minimum atomic E-state index is 0.566. The van der Waals surface area contributed by atoms with Gasteiger partial charge in [-0.3, -0.25) is 4.68 Å². The summed E-state index contributed by atoms with van der Waals surface area (Å²) < 4.78 is 1.87. The molecule has 2 N–H and O–H groups in total. The maximum absolute atomic E-state index is 5.54. The van der Waals surface area contributed by atoms with E-state index in [9.17, 15) is 0 Å². The molecule has 0 radical (unpaired) electrons. The molecule has 1 aromatic carbocycles. The van der Waals surface area contributed by atoms with Gasteiger partial charge in [0.2, 0.25) is 0 Å². The highest BCUT2D eigenvalue weighted by Gasteiger charge is 1.96. The van der Waals surface area contributed by atoms with Gasteiger partial charge in [0.1, 0.15) is 0 Å². The van der Waals surface area contributed by atoms with Gasteiger partial charge in [0.25, 0.3) is 0 Å². The number of aromatic nitrogens is 2. The van der Waals surface area contributed by atoms with Crippen molar-refractivity contribution < 1.29 is 0 Å². The van der Waals surface area contributed by atoms with E-state index in [4.69, 9.17) is 5.73 Å². The highest BCUT2D eigenvalue weighted by atomic mass is 15.3. The summed E-state index contributed by atoms with van der Waals surface area (Å²) in [6.45, 7) is 2.53. The first-order chi connectivity index (χ1) is 7.74. The third-order valence-electron chi connectivity index (χ3n) is 2.12. The number of aliphatic imine (C=N–C) groups is 1. The predicted octanol–water partition coefficient (Wildman–Crippen LogP) is 1.94. The Bertz CT molecular complexity index is 481. The Balaban J connectivity index is 2.19. The van der Waals surface area contributed by atoms with Crippen molar-refractivity contribution in [2.24, 2.45) is 10.7 Å². The third kappa shape index (κ3) is 2.70. The fourth-order valence-corrected chi connectivity index (χ4v) is 1.51. The van der Waals surface area contributed by atoms with Crippen LogP contribution in [0.5, 0.6) is 0 Å². The second kappa shape index (κ2) is 4.61. The molecule has 0 spiro atoms. The molecular weight excluding hydrogens is 200 g/mol. The van der Waals surface area contributed by atoms with Gasteiger partial charge in [0.15, 0.2) is 0 Å². The molecule has 0 atom stereocenters. The van der Waals surface area contributed by atoms with Gasteiger partial charge >= 0.3 is 0 Å². The first-order valence-corrected chi connectivity index (χ1v) is 5.11. The van der Waals surface area contributed by atoms with Gasteiger partial charge in [0.05, 0.1) is 18.1 Å². The summed E-state index contributed by atoms with van der Waals surface area (Å²) in [5.74, 6) is 0.566. The van der Waals surface area contributed by atoms with Crippen LogP contribution in [0, 0.1) is 0 Å². The lowest BCUT2D eigenvalue weighted by atomic mass is 10.2. The van der Waals surface area contributed by atoms with Crippen molar-refractivity contribution >= 4 is 11.5 Å². The number of hydrogen-bond acceptors (Lipinski definition) is 2. The van der Waals surface area contributed by atoms with Crippen molar-refractivity contribution in [1.29, 1.82) is 0 Å². The molecule has 4 nitrogen and oxygen atoms in total. The van der Waals surface area contributed by atoms with E-state index in [-0.39, 0.29) is 0 Å². The summed E-state index contributed by atoms with van der Waals surface area (Å²) in [5, 5.41) is 4.16. The quantitative estimate of drug-likeness (QED) is 0.627. The molecule has 0 aliphatic rings. The zero-order chi connectivity index (χ0) is 11.4. The molecule has 4 heteroatoms. The molecule has 0 fully saturated rings. The van der Waals surface area contributed by atoms with Gasteiger partial charge in [-0.2, -0.15) is 5.10 Å². The Labute approximate surface area is 94.4 Å². The number of hydrogen-bond donors (Lipinski definition) is 1. The SMILES string of the molecule is CC(N)=Nc1cccc(Cn2cccn2)c1. The molecule has 0 saturated carbocycles. The topological polar surface area (TPSA) is 56.2 Å². The van der Waals surface area contributed by atoms with Crippen molar-refractivity contribution in [3.63, 3.8) is 0 Å². The second-order valence-corrected chi connectivity index (χ2v) is 3.63. The Morgan fingerprint density at radius 2 is 2.31 bits per heavy atom. The first-order valence-electron chi connectivity index (χ1n) is 5.11. The Morgan fingerprint density at radius 1 is 1.44 bits per heavy atom. The summed E-state index contributed by atoms with van der Waals surface area (Å²) in [6, 6.07) is 9.88. The van der Waals surface area contributed by atoms with Crippen molar-refractivity contribution in [3.8, 4) is 0 Å². The van der Waals surface area contributed by atoms with Crippen LogP contribution in [-0.2, 0) is 6.54 Å². The number of nitrogens with two attached hydrogens (primary N) is 1. The van der Waals surface area contributed by atoms with Crippen LogP contribution in [0.15, 0.2) is 47.7 Å². The molecule has 1 aromatic heterocycles. The van der Waals surface area contributed by atoms with Crippen LogP contribution in [0.2, 0.25) is 0 Å². The normalized spacial score (nSPS) is 11.7. The van der Waals surface area contributed by atoms with Crippen LogP contribution in [0.1, 0.15) is 12.5 Å². The van der Waals surface area contributed by atoms with Crippen LogP contribution in [-0.4, -0.2) is 15.6 Å². The molecule has 0 bridgehead atoms. The van der Waals surface area contributed by atoms with E-state index in [0.717, 1.165) is 17.8 Å². The lowest BCUT2D eigenvalue weighted by molar-refractivity contribution is 0.687. The predicted molar refractivity (Wildman–Crippen MR) is 64.7 cm³/mol. The van der Waals surface area contributed by atoms with Crippen LogP contribution >= 0.6 is 0 Å². The zero-order valence-corrected chi connectivity index (χ0v) is 9.17. The third-order valence-corrected chi connectivity index (χ3v) is 2.12. The lowest BCUT2D eigenvalue weighted by Gasteiger charge is -2.03. The summed E-state index contributed by atoms with van der Waals surface area (Å²) in [7, 11) is 0. The highest BCUT2D eigenvalue weighted by Crippen LogP contribution is 2.14. The van der Waals surface area contributed by atoms with E-state index >= 15 is 0 Å². The molecule has 0 aliphatic carbocycles. The summed E-state index contributed by atoms with van der Waals surface area (Å²) >= 11 is 0. The van der Waals surface area contributed by atoms with Crippen LogP contribution in [0.3, 0.4) is 0 Å². The average molecular weight is 214 g/mol. The largest absolute Gasteiger partial charge is 0.387 e. The first kappa shape index (κ1) is 10.4. The summed E-state index contributed by atoms with van der Waals surface area (Å²) in [4.78, 5) is 4.21. The molecule has 2 aromatic rings. The standard InChI is InChI=1S/C12H14N4/c1-10(13)15-12-5-2-4-11(8-12)9-16-7-3-6-14-16/h2-8H,9H2,1H3,(H2,13,15). The molecule has 2 rings (SSSR count). The highest BCUT2D eigenvalue weighted by molar-refractivity contribution is 5.80. The van der Waals surface area contributed by atoms with Crippen molar-refractivity contribution in [1.82, 2.24) is 9.78 Å². The van der Waals surface area contributed by atoms with Crippen molar-refractivity contribution in [3.05, 3.63) is 48.3 Å². The van der Waals surface area contributed by atoms with Crippen LogP contribution < -0.4 is 5.73 Å². The fourth-order valence-electron chi connectivity index (χ4n) is 1.51. The molecular formula is C12H14N4. The van der Waals surface area contributed by atoms with Gasteiger partial charge in [0, 0.05) is 12.4 Å². The Morgan fingerprint density at radius 3 is 3.00 bits per heavy atom. The van der Waals surface area contributed by atoms with Gasteiger partial charge < -0.3 is 5.73 Å². The van der Waals surface area contributed by atoms with Gasteiger partial charge in [-0.25, -0.2) is 4.99 Å². The van der Waals surface area contributed by atoms with Gasteiger partial charge in [-0.1, -0.05) is 12.1 Å². The number of benzene rings is 1. The van der Waals surface area contributed by atoms with E-state index < -0.39 is 0 Å². The maximum Gasteiger partial charge on any atom is 0.0964 e. The second-order valence-electron chi connectivity index (χ2n) is 3.63. The van der Waals surface area contributed by atoms with E-state index in [1.165, 1.54) is 0 Å². The Kier molecular flexibility index (Phi) is 3.00. The van der Waals surface area contributed by atoms with Crippen molar-refractivity contribution in [2.75, 3.05) is 0 Å². The lowest BCUT2D eigenvalue weighted by Crippen LogP contribution is -2.04. The molecule has 0 amide bonds. The van der Waals surface area contributed by atoms with E-state index in [2.05, 4.69) is 10.1 Å². The summed E-state index contributed by atoms with van der Waals surface area (Å²) in [6.07, 6.45) is 3.70. The molecule has 0 aliphatic heterocycles. The van der Waals surface area contributed by atoms with Crippen LogP contribution in [0.25, 0.3) is 0 Å². The molecule has 1 heterocycles. The number of amidine groups is 1. The van der Waals surface area contributed by atoms with E-state index in [1.54, 1.807) is 13.1 Å². The van der Waals surface area contributed by atoms with Crippen LogP contribution in [0.4, 0.5) is 5.69 Å². The van der Waals surface area contributed by atoms with E-state index in [0.29, 0.717) is 5.84 Å². The summed E-state index contributed by atoms with van der Waals surface area (Å²) in [5.41, 5.74) is 7.58. The number of rotatable bonds is 3. The molecule has 16 heavy (non-hydrogen) atoms. The maximum atomic E-state index is 5.54. The minimum absolute atomic E-state index is 0.566. The molecule has 0 unspecified atom stereocenters.